The lowest BCUT2D eigenvalue weighted by Crippen LogP contribution is -2.54. The number of benzene rings is 2. The van der Waals surface area contributed by atoms with Crippen LogP contribution in [0.3, 0.4) is 0 Å². The average Bonchev–Trinajstić information content (AvgIpc) is 3.10. The molecule has 9 heteroatoms. The Morgan fingerprint density at radius 1 is 1.09 bits per heavy atom. The highest BCUT2D eigenvalue weighted by atomic mass is 35.5. The summed E-state index contributed by atoms with van der Waals surface area (Å²) in [5.41, 5.74) is 0.767. The normalized spacial score (nSPS) is 15.8. The van der Waals surface area contributed by atoms with E-state index in [2.05, 4.69) is 5.32 Å². The molecule has 1 aliphatic heterocycles. The molecule has 0 aliphatic carbocycles. The number of nitrogens with one attached hydrogen (secondary N) is 1. The molecule has 3 aromatic rings. The van der Waals surface area contributed by atoms with Crippen molar-refractivity contribution in [2.75, 3.05) is 4.90 Å². The Labute approximate surface area is 200 Å². The van der Waals surface area contributed by atoms with E-state index in [1.165, 1.54) is 15.5 Å². The molecule has 0 saturated carbocycles. The monoisotopic (exact) mass is 481 g/mol. The van der Waals surface area contributed by atoms with Crippen molar-refractivity contribution in [1.82, 2.24) is 9.88 Å². The van der Waals surface area contributed by atoms with E-state index >= 15 is 0 Å². The zero-order chi connectivity index (χ0) is 23.9. The Hall–Kier alpha value is -3.49. The van der Waals surface area contributed by atoms with Gasteiger partial charge in [-0.25, -0.2) is 4.79 Å². The molecule has 1 aliphatic rings. The summed E-state index contributed by atoms with van der Waals surface area (Å²) in [5, 5.41) is 3.71. The molecule has 1 aromatic heterocycles. The molecule has 1 fully saturated rings. The number of hydrogen-bond acceptors (Lipinski definition) is 5. The van der Waals surface area contributed by atoms with Crippen molar-refractivity contribution < 1.29 is 19.1 Å². The van der Waals surface area contributed by atoms with Crippen LogP contribution in [-0.4, -0.2) is 33.2 Å². The lowest BCUT2D eigenvalue weighted by molar-refractivity contribution is -0.122. The molecule has 1 N–H and O–H groups in total. The lowest BCUT2D eigenvalue weighted by atomic mass is 10.1. The van der Waals surface area contributed by atoms with Crippen LogP contribution in [0.2, 0.25) is 5.02 Å². The maximum absolute atomic E-state index is 13.3. The summed E-state index contributed by atoms with van der Waals surface area (Å²) < 4.78 is 6.86. The fourth-order valence-corrected chi connectivity index (χ4v) is 3.83. The summed E-state index contributed by atoms with van der Waals surface area (Å²) in [6.45, 7) is 5.33. The van der Waals surface area contributed by atoms with Gasteiger partial charge in [0.05, 0.1) is 11.2 Å². The highest BCUT2D eigenvalue weighted by Gasteiger charge is 2.34. The topological polar surface area (TPSA) is 80.6 Å². The summed E-state index contributed by atoms with van der Waals surface area (Å²) in [5.74, 6) is -1.20. The number of thiocarbonyl (C=S) groups is 1. The van der Waals surface area contributed by atoms with Crippen LogP contribution in [0, 0.1) is 0 Å². The Kier molecular flexibility index (Phi) is 5.82. The smallest absolute Gasteiger partial charge is 0.419 e. The van der Waals surface area contributed by atoms with Crippen LogP contribution in [0.25, 0.3) is 17.0 Å². The molecule has 2 heterocycles. The van der Waals surface area contributed by atoms with Crippen molar-refractivity contribution in [1.29, 1.82) is 0 Å². The number of ether oxygens (including phenoxy) is 1. The first-order valence-electron chi connectivity index (χ1n) is 10.1. The van der Waals surface area contributed by atoms with Crippen LogP contribution in [-0.2, 0) is 14.3 Å². The molecule has 0 radical (unpaired) electrons. The van der Waals surface area contributed by atoms with Crippen molar-refractivity contribution in [3.05, 3.63) is 70.9 Å². The van der Waals surface area contributed by atoms with E-state index in [0.717, 1.165) is 0 Å². The van der Waals surface area contributed by atoms with Crippen molar-refractivity contribution in [2.24, 2.45) is 0 Å². The van der Waals surface area contributed by atoms with Crippen molar-refractivity contribution in [3.8, 4) is 0 Å². The first-order valence-corrected chi connectivity index (χ1v) is 10.8. The summed E-state index contributed by atoms with van der Waals surface area (Å²) in [7, 11) is 0. The fourth-order valence-electron chi connectivity index (χ4n) is 3.42. The van der Waals surface area contributed by atoms with E-state index in [0.29, 0.717) is 27.2 Å². The van der Waals surface area contributed by atoms with E-state index < -0.39 is 23.5 Å². The predicted octanol–water partition coefficient (Wildman–Crippen LogP) is 4.91. The van der Waals surface area contributed by atoms with Gasteiger partial charge in [-0.1, -0.05) is 29.8 Å². The number of para-hydroxylation sites is 1. The third-order valence-corrected chi connectivity index (χ3v) is 5.36. The van der Waals surface area contributed by atoms with Gasteiger partial charge < -0.3 is 4.74 Å². The standard InChI is InChI=1S/C24H20ClN3O4S/c1-24(2,3)32-23(31)27-13-14(17-6-4-5-7-19(17)27)12-18-20(29)26-22(33)28(21(18)30)16-10-8-15(25)9-11-16/h4-13H,1-3H3,(H,26,29,33)/b18-12+. The molecule has 0 bridgehead atoms. The highest BCUT2D eigenvalue weighted by Crippen LogP contribution is 2.28. The van der Waals surface area contributed by atoms with Gasteiger partial charge >= 0.3 is 6.09 Å². The predicted molar refractivity (Wildman–Crippen MR) is 131 cm³/mol. The molecule has 168 valence electrons. The van der Waals surface area contributed by atoms with Gasteiger partial charge in [-0.2, -0.15) is 0 Å². The number of amides is 2. The summed E-state index contributed by atoms with van der Waals surface area (Å²) >= 11 is 11.2. The minimum Gasteiger partial charge on any atom is -0.443 e. The average molecular weight is 482 g/mol. The maximum atomic E-state index is 13.3. The van der Waals surface area contributed by atoms with Crippen molar-refractivity contribution in [3.63, 3.8) is 0 Å². The van der Waals surface area contributed by atoms with Gasteiger partial charge in [0, 0.05) is 22.2 Å². The summed E-state index contributed by atoms with van der Waals surface area (Å²) in [6, 6.07) is 13.7. The minimum absolute atomic E-state index is 0.0272. The number of carbonyl (C=O) groups is 3. The molecule has 4 rings (SSSR count). The largest absolute Gasteiger partial charge is 0.443 e. The minimum atomic E-state index is -0.685. The zero-order valence-electron chi connectivity index (χ0n) is 18.1. The molecule has 1 saturated heterocycles. The van der Waals surface area contributed by atoms with Crippen molar-refractivity contribution >= 4 is 69.5 Å². The van der Waals surface area contributed by atoms with E-state index in [1.54, 1.807) is 69.4 Å². The molecule has 2 amide bonds. The quantitative estimate of drug-likeness (QED) is 0.319. The van der Waals surface area contributed by atoms with E-state index in [-0.39, 0.29) is 10.7 Å². The van der Waals surface area contributed by atoms with Crippen LogP contribution >= 0.6 is 23.8 Å². The van der Waals surface area contributed by atoms with E-state index in [1.807, 2.05) is 6.07 Å². The van der Waals surface area contributed by atoms with Crippen LogP contribution in [0.4, 0.5) is 10.5 Å². The van der Waals surface area contributed by atoms with E-state index in [4.69, 9.17) is 28.6 Å². The number of anilines is 1. The summed E-state index contributed by atoms with van der Waals surface area (Å²) in [4.78, 5) is 39.9. The second-order valence-electron chi connectivity index (χ2n) is 8.39. The Morgan fingerprint density at radius 3 is 2.42 bits per heavy atom. The number of hydrogen-bond donors (Lipinski definition) is 1. The van der Waals surface area contributed by atoms with Gasteiger partial charge in [-0.3, -0.25) is 24.4 Å². The Bertz CT molecular complexity index is 1340. The van der Waals surface area contributed by atoms with Gasteiger partial charge in [0.25, 0.3) is 11.8 Å². The molecule has 33 heavy (non-hydrogen) atoms. The van der Waals surface area contributed by atoms with Crippen LogP contribution in [0.5, 0.6) is 0 Å². The highest BCUT2D eigenvalue weighted by molar-refractivity contribution is 7.80. The van der Waals surface area contributed by atoms with Gasteiger partial charge in [0.2, 0.25) is 0 Å². The third kappa shape index (κ3) is 4.53. The van der Waals surface area contributed by atoms with Crippen LogP contribution in [0.1, 0.15) is 26.3 Å². The molecular formula is C24H20ClN3O4S. The number of carbonyl (C=O) groups excluding carboxylic acids is 3. The molecule has 7 nitrogen and oxygen atoms in total. The van der Waals surface area contributed by atoms with Gasteiger partial charge in [0.1, 0.15) is 11.2 Å². The lowest BCUT2D eigenvalue weighted by Gasteiger charge is -2.28. The number of nitrogens with zero attached hydrogens (tertiary/aromatic N) is 2. The Balaban J connectivity index is 1.79. The third-order valence-electron chi connectivity index (χ3n) is 4.82. The summed E-state index contributed by atoms with van der Waals surface area (Å²) in [6.07, 6.45) is 2.43. The first-order chi connectivity index (χ1) is 15.5. The fraction of sp³-hybridized carbons (Fsp3) is 0.167. The van der Waals surface area contributed by atoms with Gasteiger partial charge in [0.15, 0.2) is 5.11 Å². The zero-order valence-corrected chi connectivity index (χ0v) is 19.7. The molecule has 0 unspecified atom stereocenters. The maximum Gasteiger partial charge on any atom is 0.419 e. The second kappa shape index (κ2) is 8.46. The van der Waals surface area contributed by atoms with Crippen molar-refractivity contribution in [2.45, 2.75) is 26.4 Å². The molecule has 0 atom stereocenters. The van der Waals surface area contributed by atoms with Gasteiger partial charge in [-0.15, -0.1) is 0 Å². The molecular weight excluding hydrogens is 462 g/mol. The Morgan fingerprint density at radius 2 is 1.76 bits per heavy atom. The van der Waals surface area contributed by atoms with Crippen LogP contribution in [0.15, 0.2) is 60.3 Å². The molecule has 0 spiro atoms. The first kappa shape index (κ1) is 22.7. The number of fused-ring (bicyclic) bond motifs is 1. The number of aromatic nitrogens is 1. The van der Waals surface area contributed by atoms with E-state index in [9.17, 15) is 14.4 Å². The molecule has 2 aromatic carbocycles. The van der Waals surface area contributed by atoms with Crippen LogP contribution < -0.4 is 10.2 Å². The number of rotatable bonds is 2. The number of halogens is 1. The SMILES string of the molecule is CC(C)(C)OC(=O)n1cc(/C=C2\C(=O)NC(=S)N(c3ccc(Cl)cc3)C2=O)c2ccccc21. The van der Waals surface area contributed by atoms with Gasteiger partial charge in [-0.05, 0) is 69.4 Å². The second-order valence-corrected chi connectivity index (χ2v) is 9.21.